The molecule has 3 unspecified atom stereocenters. The van der Waals surface area contributed by atoms with Crippen LogP contribution in [-0.2, 0) is 0 Å². The molecule has 0 aliphatic heterocycles. The van der Waals surface area contributed by atoms with Crippen molar-refractivity contribution in [2.45, 2.75) is 105 Å². The fraction of sp³-hybridized carbons (Fsp3) is 0.302. The normalized spacial score (nSPS) is 20.4. The second kappa shape index (κ2) is 21.7. The van der Waals surface area contributed by atoms with Gasteiger partial charge in [-0.1, -0.05) is 161 Å². The third kappa shape index (κ3) is 10.7. The molecule has 0 radical (unpaired) electrons. The summed E-state index contributed by atoms with van der Waals surface area (Å²) in [6.07, 6.45) is 55.5. The van der Waals surface area contributed by atoms with Crippen molar-refractivity contribution in [2.75, 3.05) is 0 Å². The van der Waals surface area contributed by atoms with Gasteiger partial charge in [-0.15, -0.1) is 0 Å². The van der Waals surface area contributed by atoms with Gasteiger partial charge in [0.15, 0.2) is 0 Å². The Bertz CT molecular complexity index is 2680. The van der Waals surface area contributed by atoms with Crippen LogP contribution in [0.1, 0.15) is 133 Å². The summed E-state index contributed by atoms with van der Waals surface area (Å²) in [4.78, 5) is 10.8. The van der Waals surface area contributed by atoms with Gasteiger partial charge in [-0.05, 0) is 193 Å². The lowest BCUT2D eigenvalue weighted by Crippen LogP contribution is -2.23. The zero-order valence-electron chi connectivity index (χ0n) is 39.6. The Morgan fingerprint density at radius 3 is 2.03 bits per heavy atom. The van der Waals surface area contributed by atoms with E-state index in [2.05, 4.69) is 205 Å². The first-order valence-corrected chi connectivity index (χ1v) is 24.6. The van der Waals surface area contributed by atoms with Gasteiger partial charge >= 0.3 is 0 Å². The average Bonchev–Trinajstić information content (AvgIpc) is 3.37. The minimum Gasteiger partial charge on any atom is -0.252 e. The molecule has 0 saturated heterocycles. The molecule has 5 aliphatic carbocycles. The van der Waals surface area contributed by atoms with E-state index in [0.717, 1.165) is 87.0 Å². The lowest BCUT2D eigenvalue weighted by Gasteiger charge is -2.36. The van der Waals surface area contributed by atoms with Crippen molar-refractivity contribution in [1.29, 1.82) is 0 Å². The van der Waals surface area contributed by atoms with Crippen LogP contribution in [0, 0.1) is 17.8 Å². The quantitative estimate of drug-likeness (QED) is 0.112. The number of rotatable bonds is 15. The van der Waals surface area contributed by atoms with Crippen LogP contribution in [0.3, 0.4) is 0 Å². The van der Waals surface area contributed by atoms with Crippen LogP contribution in [0.2, 0.25) is 0 Å². The van der Waals surface area contributed by atoms with E-state index in [1.165, 1.54) is 66.8 Å². The second-order valence-corrected chi connectivity index (χ2v) is 18.5. The largest absolute Gasteiger partial charge is 0.252 e. The fourth-order valence-corrected chi connectivity index (χ4v) is 10.2. The number of allylic oxidation sites excluding steroid dienone is 27. The third-order valence-corrected chi connectivity index (χ3v) is 13.7. The highest BCUT2D eigenvalue weighted by Gasteiger charge is 2.32. The highest BCUT2D eigenvalue weighted by molar-refractivity contribution is 5.86. The molecule has 8 rings (SSSR count). The fourth-order valence-electron chi connectivity index (χ4n) is 10.2. The lowest BCUT2D eigenvalue weighted by molar-refractivity contribution is 0.411. The maximum atomic E-state index is 5.41. The van der Waals surface area contributed by atoms with Gasteiger partial charge < -0.3 is 0 Å². The maximum absolute atomic E-state index is 5.41. The first kappa shape index (κ1) is 45.4. The Morgan fingerprint density at radius 2 is 1.43 bits per heavy atom. The lowest BCUT2D eigenvalue weighted by atomic mass is 9.68. The summed E-state index contributed by atoms with van der Waals surface area (Å²) >= 11 is 0. The van der Waals surface area contributed by atoms with E-state index < -0.39 is 0 Å². The van der Waals surface area contributed by atoms with Gasteiger partial charge in [-0.3, -0.25) is 4.98 Å². The van der Waals surface area contributed by atoms with Crippen LogP contribution in [0.25, 0.3) is 44.5 Å². The molecule has 2 heterocycles. The van der Waals surface area contributed by atoms with E-state index in [1.807, 2.05) is 0 Å². The van der Waals surface area contributed by atoms with Crippen LogP contribution >= 0.6 is 0 Å². The minimum atomic E-state index is 0.230. The average molecular weight is 853 g/mol. The molecule has 5 aliphatic rings. The summed E-state index contributed by atoms with van der Waals surface area (Å²) in [6.45, 7) is 15.9. The molecule has 0 fully saturated rings. The molecule has 0 N–H and O–H groups in total. The number of pyridine rings is 2. The van der Waals surface area contributed by atoms with Gasteiger partial charge in [-0.2, -0.15) is 0 Å². The molecule has 0 spiro atoms. The van der Waals surface area contributed by atoms with E-state index in [4.69, 9.17) is 9.97 Å². The monoisotopic (exact) mass is 853 g/mol. The molecule has 2 nitrogen and oxygen atoms in total. The number of nitrogens with zero attached hydrogens (tertiary/aromatic N) is 2. The highest BCUT2D eigenvalue weighted by atomic mass is 14.7. The van der Waals surface area contributed by atoms with Crippen LogP contribution in [0.5, 0.6) is 0 Å². The zero-order chi connectivity index (χ0) is 45.1. The Hall–Kier alpha value is -6.12. The maximum Gasteiger partial charge on any atom is 0.0712 e. The molecule has 0 saturated carbocycles. The van der Waals surface area contributed by atoms with Crippen molar-refractivity contribution < 1.29 is 0 Å². The molecular formula is C63H68N2. The van der Waals surface area contributed by atoms with E-state index in [-0.39, 0.29) is 5.92 Å². The minimum absolute atomic E-state index is 0.230. The van der Waals surface area contributed by atoms with Crippen molar-refractivity contribution in [1.82, 2.24) is 9.97 Å². The third-order valence-electron chi connectivity index (χ3n) is 13.7. The molecule has 2 heteroatoms. The molecule has 0 bridgehead atoms. The van der Waals surface area contributed by atoms with Crippen LogP contribution in [0.4, 0.5) is 0 Å². The van der Waals surface area contributed by atoms with Crippen molar-refractivity contribution in [3.8, 4) is 22.3 Å². The van der Waals surface area contributed by atoms with Crippen LogP contribution < -0.4 is 0 Å². The Labute approximate surface area is 390 Å². The smallest absolute Gasteiger partial charge is 0.0712 e. The topological polar surface area (TPSA) is 25.8 Å². The van der Waals surface area contributed by atoms with Gasteiger partial charge in [0, 0.05) is 11.6 Å². The molecule has 3 atom stereocenters. The summed E-state index contributed by atoms with van der Waals surface area (Å²) in [5.74, 6) is 1.39. The molecule has 1 aromatic carbocycles. The molecule has 0 amide bonds. The van der Waals surface area contributed by atoms with Crippen LogP contribution in [0.15, 0.2) is 187 Å². The van der Waals surface area contributed by atoms with Gasteiger partial charge in [0.25, 0.3) is 0 Å². The molecule has 3 aromatic rings. The van der Waals surface area contributed by atoms with E-state index in [0.29, 0.717) is 17.8 Å². The van der Waals surface area contributed by atoms with Crippen LogP contribution in [-0.4, -0.2) is 9.97 Å². The number of benzene rings is 1. The highest BCUT2D eigenvalue weighted by Crippen LogP contribution is 2.47. The number of hydrogen-bond donors (Lipinski definition) is 0. The molecule has 330 valence electrons. The van der Waals surface area contributed by atoms with E-state index in [1.54, 1.807) is 0 Å². The predicted molar refractivity (Wildman–Crippen MR) is 282 cm³/mol. The summed E-state index contributed by atoms with van der Waals surface area (Å²) in [7, 11) is 0. The summed E-state index contributed by atoms with van der Waals surface area (Å²) in [5.41, 5.74) is 19.6. The number of aromatic nitrogens is 2. The Balaban J connectivity index is 1.40. The van der Waals surface area contributed by atoms with E-state index in [9.17, 15) is 0 Å². The van der Waals surface area contributed by atoms with Gasteiger partial charge in [0.05, 0.1) is 17.1 Å². The molecule has 2 aromatic heterocycles. The zero-order valence-corrected chi connectivity index (χ0v) is 39.6. The van der Waals surface area contributed by atoms with Crippen molar-refractivity contribution >= 4 is 22.3 Å². The first-order valence-electron chi connectivity index (χ1n) is 24.6. The van der Waals surface area contributed by atoms with Crippen molar-refractivity contribution in [3.63, 3.8) is 0 Å². The molecule has 65 heavy (non-hydrogen) atoms. The number of hydrogen-bond acceptors (Lipinski definition) is 2. The molecular weight excluding hydrogens is 785 g/mol. The Kier molecular flexibility index (Phi) is 15.2. The van der Waals surface area contributed by atoms with Crippen molar-refractivity contribution in [3.05, 3.63) is 216 Å². The SMILES string of the molecule is C=CC(=CC=CC)C1=C(C(C)C)C(C(C=CCC)CC)CC(c2cc(-c3cc(C4=CCCC=C4)nc(C4=CC=CCC4)c3)cc(-c3cc(C4=CC=CCC4)nc(C4C=CC=CC4)c3)c2)=C1. The van der Waals surface area contributed by atoms with Crippen molar-refractivity contribution in [2.24, 2.45) is 17.8 Å². The van der Waals surface area contributed by atoms with Gasteiger partial charge in [0.2, 0.25) is 0 Å². The summed E-state index contributed by atoms with van der Waals surface area (Å²) in [5, 5.41) is 0. The van der Waals surface area contributed by atoms with Gasteiger partial charge in [0.1, 0.15) is 0 Å². The summed E-state index contributed by atoms with van der Waals surface area (Å²) < 4.78 is 0. The summed E-state index contributed by atoms with van der Waals surface area (Å²) in [6, 6.07) is 16.8. The van der Waals surface area contributed by atoms with E-state index >= 15 is 0 Å². The first-order chi connectivity index (χ1) is 31.9. The predicted octanol–water partition coefficient (Wildman–Crippen LogP) is 17.6. The van der Waals surface area contributed by atoms with Gasteiger partial charge in [-0.25, -0.2) is 4.98 Å². The standard InChI is InChI=1S/C63H68N2/c1-7-11-25-45(9-3)57-38-54(39-58(63(57)44(5)6)46(10-4)26-12-8-2)51-35-52(55-40-59(47-27-17-13-18-28-47)64-60(41-55)48-29-19-14-20-30-48)37-53(36-51)56-42-61(49-31-21-15-22-32-49)65-62(43-56)50-33-23-16-24-34-50/h7,9,11-15,17-19,21,23,25-27,29,31,33-38,40-44,46-47,58H,3,8,10,16,20,22,24,28,30,32,39H2,1-2,4-6H3. The second-order valence-electron chi connectivity index (χ2n) is 18.5. The Morgan fingerprint density at radius 1 is 0.738 bits per heavy atom.